The Morgan fingerprint density at radius 3 is 2.93 bits per heavy atom. The van der Waals surface area contributed by atoms with Gasteiger partial charge in [0, 0.05) is 53.2 Å². The number of carbonyl (C=O) groups excluding carboxylic acids is 2. The molecule has 0 radical (unpaired) electrons. The second kappa shape index (κ2) is 8.39. The number of para-hydroxylation sites is 2. The van der Waals surface area contributed by atoms with Crippen LogP contribution in [0.5, 0.6) is 0 Å². The first-order valence-corrected chi connectivity index (χ1v) is 9.15. The number of hydrogen-bond acceptors (Lipinski definition) is 4. The number of amides is 3. The average molecular weight is 373 g/mol. The molecule has 1 atom stereocenters. The minimum Gasteiger partial charge on any atom is -0.383 e. The lowest BCUT2D eigenvalue weighted by Crippen LogP contribution is -2.40. The molecule has 146 valence electrons. The van der Waals surface area contributed by atoms with Crippen molar-refractivity contribution in [1.29, 1.82) is 0 Å². The minimum absolute atomic E-state index is 0.124. The molecule has 0 aliphatic carbocycles. The molecular weight excluding hydrogens is 346 g/mol. The summed E-state index contributed by atoms with van der Waals surface area (Å²) in [5.41, 5.74) is 1.96. The largest absolute Gasteiger partial charge is 0.383 e. The van der Waals surface area contributed by atoms with E-state index >= 15 is 0 Å². The van der Waals surface area contributed by atoms with Gasteiger partial charge in [-0.2, -0.15) is 0 Å². The van der Waals surface area contributed by atoms with Gasteiger partial charge in [-0.05, 0) is 12.1 Å². The van der Waals surface area contributed by atoms with E-state index in [1.54, 1.807) is 24.0 Å². The van der Waals surface area contributed by atoms with Crippen molar-refractivity contribution in [2.45, 2.75) is 13.0 Å². The average Bonchev–Trinajstić information content (AvgIpc) is 3.18. The summed E-state index contributed by atoms with van der Waals surface area (Å²) in [6.07, 6.45) is 0.471. The molecule has 3 amide bonds. The molecule has 0 saturated carbocycles. The van der Waals surface area contributed by atoms with E-state index in [4.69, 9.17) is 4.74 Å². The van der Waals surface area contributed by atoms with Gasteiger partial charge in [0.1, 0.15) is 5.82 Å². The predicted molar refractivity (Wildman–Crippen MR) is 102 cm³/mol. The molecule has 3 rings (SSSR count). The molecule has 1 aromatic heterocycles. The maximum atomic E-state index is 12.4. The highest BCUT2D eigenvalue weighted by atomic mass is 16.5. The van der Waals surface area contributed by atoms with Crippen molar-refractivity contribution in [3.63, 3.8) is 0 Å². The molecule has 27 heavy (non-hydrogen) atoms. The zero-order valence-corrected chi connectivity index (χ0v) is 16.1. The van der Waals surface area contributed by atoms with E-state index in [0.29, 0.717) is 39.2 Å². The highest BCUT2D eigenvalue weighted by Crippen LogP contribution is 2.17. The lowest BCUT2D eigenvalue weighted by atomic mass is 10.1. The summed E-state index contributed by atoms with van der Waals surface area (Å²) in [4.78, 5) is 32.4. The Hall–Kier alpha value is -2.61. The number of rotatable bonds is 7. The molecular formula is C19H27N5O3. The number of urea groups is 1. The zero-order valence-electron chi connectivity index (χ0n) is 16.1. The van der Waals surface area contributed by atoms with Crippen molar-refractivity contribution < 1.29 is 14.3 Å². The van der Waals surface area contributed by atoms with E-state index in [9.17, 15) is 9.59 Å². The Balaban J connectivity index is 1.51. The SMILES string of the molecule is COCCN1C[C@@H](CNC(=O)N(C)Cc2nc3ccccc3n2C)CC1=O. The number of imidazole rings is 1. The standard InChI is InChI=1S/C19H27N5O3/c1-22(13-17-21-15-6-4-5-7-16(15)23(17)2)19(26)20-11-14-10-18(25)24(12-14)8-9-27-3/h4-7,14H,8-13H2,1-3H3,(H,20,26)/t14-/m1/s1. The fourth-order valence-electron chi connectivity index (χ4n) is 3.40. The zero-order chi connectivity index (χ0) is 19.4. The number of ether oxygens (including phenoxy) is 1. The highest BCUT2D eigenvalue weighted by molar-refractivity contribution is 5.79. The van der Waals surface area contributed by atoms with Crippen LogP contribution in [-0.2, 0) is 23.1 Å². The van der Waals surface area contributed by atoms with E-state index in [1.807, 2.05) is 35.9 Å². The molecule has 8 heteroatoms. The molecule has 0 spiro atoms. The summed E-state index contributed by atoms with van der Waals surface area (Å²) in [5, 5.41) is 2.93. The van der Waals surface area contributed by atoms with Crippen molar-refractivity contribution in [3.8, 4) is 0 Å². The number of aromatic nitrogens is 2. The van der Waals surface area contributed by atoms with Gasteiger partial charge in [-0.15, -0.1) is 0 Å². The van der Waals surface area contributed by atoms with Gasteiger partial charge in [0.25, 0.3) is 0 Å². The lowest BCUT2D eigenvalue weighted by molar-refractivity contribution is -0.128. The monoisotopic (exact) mass is 373 g/mol. The highest BCUT2D eigenvalue weighted by Gasteiger charge is 2.29. The van der Waals surface area contributed by atoms with Gasteiger partial charge in [0.2, 0.25) is 5.91 Å². The van der Waals surface area contributed by atoms with Crippen LogP contribution in [0.1, 0.15) is 12.2 Å². The van der Waals surface area contributed by atoms with Crippen molar-refractivity contribution in [3.05, 3.63) is 30.1 Å². The van der Waals surface area contributed by atoms with Crippen molar-refractivity contribution in [1.82, 2.24) is 24.7 Å². The Kier molecular flexibility index (Phi) is 5.95. The van der Waals surface area contributed by atoms with E-state index < -0.39 is 0 Å². The summed E-state index contributed by atoms with van der Waals surface area (Å²) in [5.74, 6) is 1.09. The number of fused-ring (bicyclic) bond motifs is 1. The third-order valence-electron chi connectivity index (χ3n) is 5.01. The van der Waals surface area contributed by atoms with Gasteiger partial charge in [-0.1, -0.05) is 12.1 Å². The smallest absolute Gasteiger partial charge is 0.317 e. The van der Waals surface area contributed by atoms with Crippen LogP contribution < -0.4 is 5.32 Å². The fourth-order valence-corrected chi connectivity index (χ4v) is 3.40. The number of nitrogens with zero attached hydrogens (tertiary/aromatic N) is 4. The van der Waals surface area contributed by atoms with E-state index in [-0.39, 0.29) is 17.9 Å². The maximum absolute atomic E-state index is 12.4. The summed E-state index contributed by atoms with van der Waals surface area (Å²) in [7, 11) is 5.33. The quantitative estimate of drug-likeness (QED) is 0.791. The summed E-state index contributed by atoms with van der Waals surface area (Å²) < 4.78 is 7.03. The van der Waals surface area contributed by atoms with E-state index in [2.05, 4.69) is 10.3 Å². The Labute approximate surface area is 159 Å². The summed E-state index contributed by atoms with van der Waals surface area (Å²) >= 11 is 0. The molecule has 1 saturated heterocycles. The fraction of sp³-hybridized carbons (Fsp3) is 0.526. The lowest BCUT2D eigenvalue weighted by Gasteiger charge is -2.20. The van der Waals surface area contributed by atoms with Gasteiger partial charge in [0.15, 0.2) is 0 Å². The molecule has 1 aliphatic rings. The first-order chi connectivity index (χ1) is 13.0. The van der Waals surface area contributed by atoms with Crippen LogP contribution >= 0.6 is 0 Å². The van der Waals surface area contributed by atoms with Gasteiger partial charge < -0.3 is 24.4 Å². The number of carbonyl (C=O) groups is 2. The van der Waals surface area contributed by atoms with Crippen LogP contribution in [0, 0.1) is 5.92 Å². The molecule has 0 bridgehead atoms. The first kappa shape index (κ1) is 19.2. The van der Waals surface area contributed by atoms with Crippen LogP contribution in [0.25, 0.3) is 11.0 Å². The second-order valence-corrected chi connectivity index (χ2v) is 7.02. The topological polar surface area (TPSA) is 79.7 Å². The van der Waals surface area contributed by atoms with Gasteiger partial charge >= 0.3 is 6.03 Å². The molecule has 1 N–H and O–H groups in total. The number of benzene rings is 1. The van der Waals surface area contributed by atoms with Gasteiger partial charge in [-0.3, -0.25) is 4.79 Å². The van der Waals surface area contributed by atoms with Crippen molar-refractivity contribution in [2.24, 2.45) is 13.0 Å². The van der Waals surface area contributed by atoms with Crippen LogP contribution in [0.3, 0.4) is 0 Å². The molecule has 0 unspecified atom stereocenters. The van der Waals surface area contributed by atoms with Crippen molar-refractivity contribution >= 4 is 23.0 Å². The Morgan fingerprint density at radius 1 is 1.41 bits per heavy atom. The molecule has 1 aromatic carbocycles. The van der Waals surface area contributed by atoms with Crippen LogP contribution in [0.15, 0.2) is 24.3 Å². The molecule has 2 heterocycles. The number of aryl methyl sites for hydroxylation is 1. The van der Waals surface area contributed by atoms with Gasteiger partial charge in [0.05, 0.1) is 24.2 Å². The molecule has 1 aliphatic heterocycles. The minimum atomic E-state index is -0.162. The van der Waals surface area contributed by atoms with Crippen LogP contribution in [-0.4, -0.2) is 71.7 Å². The normalized spacial score (nSPS) is 16.9. The maximum Gasteiger partial charge on any atom is 0.317 e. The van der Waals surface area contributed by atoms with E-state index in [1.165, 1.54) is 0 Å². The third-order valence-corrected chi connectivity index (χ3v) is 5.01. The number of likely N-dealkylation sites (tertiary alicyclic amines) is 1. The van der Waals surface area contributed by atoms with Gasteiger partial charge in [-0.25, -0.2) is 9.78 Å². The number of nitrogens with one attached hydrogen (secondary N) is 1. The number of hydrogen-bond donors (Lipinski definition) is 1. The predicted octanol–water partition coefficient (Wildman–Crippen LogP) is 1.21. The van der Waals surface area contributed by atoms with Crippen LogP contribution in [0.4, 0.5) is 4.79 Å². The first-order valence-electron chi connectivity index (χ1n) is 9.15. The Bertz CT molecular complexity index is 819. The Morgan fingerprint density at radius 2 is 2.19 bits per heavy atom. The van der Waals surface area contributed by atoms with Crippen molar-refractivity contribution in [2.75, 3.05) is 40.4 Å². The molecule has 2 aromatic rings. The van der Waals surface area contributed by atoms with Crippen LogP contribution in [0.2, 0.25) is 0 Å². The second-order valence-electron chi connectivity index (χ2n) is 7.02. The number of methoxy groups -OCH3 is 1. The molecule has 1 fully saturated rings. The third kappa shape index (κ3) is 4.39. The summed E-state index contributed by atoms with van der Waals surface area (Å²) in [6.45, 7) is 2.70. The van der Waals surface area contributed by atoms with E-state index in [0.717, 1.165) is 16.9 Å². The molecule has 8 nitrogen and oxygen atoms in total. The summed E-state index contributed by atoms with van der Waals surface area (Å²) in [6, 6.07) is 7.74.